The molecule has 1 saturated carbocycles. The van der Waals surface area contributed by atoms with Gasteiger partial charge in [0.1, 0.15) is 11.9 Å². The Bertz CT molecular complexity index is 292. The van der Waals surface area contributed by atoms with Crippen LogP contribution in [-0.2, 0) is 9.53 Å². The topological polar surface area (TPSA) is 55.4 Å². The van der Waals surface area contributed by atoms with Gasteiger partial charge < -0.3 is 14.8 Å². The smallest absolute Gasteiger partial charge is 0.407 e. The number of amides is 1. The quantitative estimate of drug-likeness (QED) is 0.769. The van der Waals surface area contributed by atoms with Crippen molar-refractivity contribution in [2.75, 3.05) is 6.54 Å². The molecule has 0 aromatic heterocycles. The highest BCUT2D eigenvalue weighted by Crippen LogP contribution is 2.40. The molecular formula is C13H23NO3. The number of hydrogen-bond donors (Lipinski definition) is 1. The van der Waals surface area contributed by atoms with Crippen LogP contribution in [0.25, 0.3) is 0 Å². The molecule has 0 heterocycles. The van der Waals surface area contributed by atoms with Gasteiger partial charge in [-0.05, 0) is 39.5 Å². The molecule has 4 heteroatoms. The molecule has 0 bridgehead atoms. The van der Waals surface area contributed by atoms with E-state index in [9.17, 15) is 9.59 Å². The molecule has 98 valence electrons. The summed E-state index contributed by atoms with van der Waals surface area (Å²) in [5, 5.41) is 2.69. The van der Waals surface area contributed by atoms with Crippen LogP contribution in [0.3, 0.4) is 0 Å². The van der Waals surface area contributed by atoms with Crippen molar-refractivity contribution in [1.82, 2.24) is 5.32 Å². The molecule has 1 atom stereocenters. The molecule has 0 aromatic carbocycles. The first-order valence-corrected chi connectivity index (χ1v) is 6.20. The average molecular weight is 241 g/mol. The maximum absolute atomic E-state index is 11.5. The minimum Gasteiger partial charge on any atom is -0.444 e. The average Bonchev–Trinajstić information content (AvgIpc) is 2.09. The first-order chi connectivity index (χ1) is 7.77. The van der Waals surface area contributed by atoms with E-state index >= 15 is 0 Å². The summed E-state index contributed by atoms with van der Waals surface area (Å²) < 4.78 is 5.14. The maximum Gasteiger partial charge on any atom is 0.407 e. The highest BCUT2D eigenvalue weighted by molar-refractivity contribution is 5.69. The summed E-state index contributed by atoms with van der Waals surface area (Å²) in [4.78, 5) is 22.7. The van der Waals surface area contributed by atoms with Crippen LogP contribution in [0.1, 0.15) is 47.0 Å². The minimum absolute atomic E-state index is 0.357. The van der Waals surface area contributed by atoms with Gasteiger partial charge >= 0.3 is 6.09 Å². The van der Waals surface area contributed by atoms with Gasteiger partial charge in [-0.2, -0.15) is 0 Å². The molecule has 0 saturated heterocycles. The van der Waals surface area contributed by atoms with Crippen LogP contribution in [0.15, 0.2) is 0 Å². The molecule has 1 aliphatic rings. The number of ether oxygens (including phenoxy) is 1. The van der Waals surface area contributed by atoms with Crippen LogP contribution in [0.4, 0.5) is 4.79 Å². The van der Waals surface area contributed by atoms with E-state index in [0.717, 1.165) is 19.1 Å². The van der Waals surface area contributed by atoms with Crippen LogP contribution >= 0.6 is 0 Å². The van der Waals surface area contributed by atoms with E-state index in [2.05, 4.69) is 5.32 Å². The first-order valence-electron chi connectivity index (χ1n) is 6.20. The summed E-state index contributed by atoms with van der Waals surface area (Å²) in [5.74, 6) is 0.398. The molecule has 0 aromatic rings. The third kappa shape index (κ3) is 4.02. The van der Waals surface area contributed by atoms with Crippen molar-refractivity contribution in [3.8, 4) is 0 Å². The number of rotatable bonds is 4. The number of hydrogen-bond acceptors (Lipinski definition) is 3. The molecule has 1 unspecified atom stereocenters. The van der Waals surface area contributed by atoms with Gasteiger partial charge in [0.2, 0.25) is 0 Å². The van der Waals surface area contributed by atoms with E-state index in [4.69, 9.17) is 4.74 Å². The number of alkyl carbamates (subject to hydrolysis) is 1. The summed E-state index contributed by atoms with van der Waals surface area (Å²) in [6, 6.07) is 0. The second-order valence-corrected chi connectivity index (χ2v) is 6.11. The minimum atomic E-state index is -0.502. The summed E-state index contributed by atoms with van der Waals surface area (Å²) >= 11 is 0. The van der Waals surface area contributed by atoms with Gasteiger partial charge in [-0.25, -0.2) is 4.79 Å². The van der Waals surface area contributed by atoms with E-state index in [1.54, 1.807) is 0 Å². The zero-order valence-electron chi connectivity index (χ0n) is 11.2. The lowest BCUT2D eigenvalue weighted by atomic mass is 9.67. The van der Waals surface area contributed by atoms with E-state index in [1.807, 2.05) is 27.7 Å². The van der Waals surface area contributed by atoms with Gasteiger partial charge in [0.25, 0.3) is 0 Å². The van der Waals surface area contributed by atoms with Crippen LogP contribution in [0, 0.1) is 11.3 Å². The van der Waals surface area contributed by atoms with E-state index in [-0.39, 0.29) is 0 Å². The molecule has 1 fully saturated rings. The van der Waals surface area contributed by atoms with Gasteiger partial charge in [-0.3, -0.25) is 0 Å². The molecule has 1 aliphatic carbocycles. The summed E-state index contributed by atoms with van der Waals surface area (Å²) in [6.45, 7) is 7.71. The van der Waals surface area contributed by atoms with Crippen LogP contribution in [0.5, 0.6) is 0 Å². The molecule has 17 heavy (non-hydrogen) atoms. The van der Waals surface area contributed by atoms with Crippen LogP contribution in [0.2, 0.25) is 0 Å². The van der Waals surface area contributed by atoms with Crippen molar-refractivity contribution in [3.05, 3.63) is 0 Å². The van der Waals surface area contributed by atoms with Gasteiger partial charge in [0.05, 0.1) is 0 Å². The predicted molar refractivity (Wildman–Crippen MR) is 65.7 cm³/mol. The largest absolute Gasteiger partial charge is 0.444 e. The van der Waals surface area contributed by atoms with Crippen molar-refractivity contribution >= 4 is 12.4 Å². The van der Waals surface area contributed by atoms with Crippen molar-refractivity contribution in [2.45, 2.75) is 52.6 Å². The molecule has 0 spiro atoms. The summed E-state index contributed by atoms with van der Waals surface area (Å²) in [7, 11) is 0. The number of carbonyl (C=O) groups excluding carboxylic acids is 2. The van der Waals surface area contributed by atoms with Gasteiger partial charge in [-0.1, -0.05) is 13.3 Å². The Kier molecular flexibility index (Phi) is 4.17. The van der Waals surface area contributed by atoms with Gasteiger partial charge in [0, 0.05) is 12.0 Å². The summed E-state index contributed by atoms with van der Waals surface area (Å²) in [5.41, 5.74) is -0.951. The third-order valence-corrected chi connectivity index (χ3v) is 3.32. The molecule has 0 radical (unpaired) electrons. The van der Waals surface area contributed by atoms with Crippen molar-refractivity contribution in [1.29, 1.82) is 0 Å². The van der Waals surface area contributed by atoms with E-state index in [0.29, 0.717) is 12.5 Å². The Labute approximate surface area is 103 Å². The Balaban J connectivity index is 2.42. The van der Waals surface area contributed by atoms with Gasteiger partial charge in [-0.15, -0.1) is 0 Å². The van der Waals surface area contributed by atoms with Gasteiger partial charge in [0.15, 0.2) is 0 Å². The second kappa shape index (κ2) is 5.07. The van der Waals surface area contributed by atoms with Crippen LogP contribution in [-0.4, -0.2) is 24.5 Å². The fourth-order valence-corrected chi connectivity index (χ4v) is 1.93. The lowest BCUT2D eigenvalue weighted by Crippen LogP contribution is -2.45. The Morgan fingerprint density at radius 2 is 1.94 bits per heavy atom. The molecule has 1 rings (SSSR count). The monoisotopic (exact) mass is 241 g/mol. The normalized spacial score (nSPS) is 20.0. The molecule has 4 nitrogen and oxygen atoms in total. The molecular weight excluding hydrogens is 218 g/mol. The molecule has 1 N–H and O–H groups in total. The maximum atomic E-state index is 11.5. The zero-order valence-corrected chi connectivity index (χ0v) is 11.2. The van der Waals surface area contributed by atoms with E-state index in [1.165, 1.54) is 6.42 Å². The Hall–Kier alpha value is -1.06. The molecule has 1 amide bonds. The number of nitrogens with one attached hydrogen (secondary N) is 1. The lowest BCUT2D eigenvalue weighted by Gasteiger charge is -2.39. The van der Waals surface area contributed by atoms with Crippen molar-refractivity contribution in [2.24, 2.45) is 11.3 Å². The van der Waals surface area contributed by atoms with Crippen molar-refractivity contribution < 1.29 is 14.3 Å². The van der Waals surface area contributed by atoms with Crippen LogP contribution < -0.4 is 5.32 Å². The summed E-state index contributed by atoms with van der Waals surface area (Å²) in [6.07, 6.45) is 3.84. The fourth-order valence-electron chi connectivity index (χ4n) is 1.93. The number of aldehydes is 1. The van der Waals surface area contributed by atoms with E-state index < -0.39 is 17.1 Å². The highest BCUT2D eigenvalue weighted by atomic mass is 16.6. The Morgan fingerprint density at radius 1 is 1.35 bits per heavy atom. The predicted octanol–water partition coefficient (Wildman–Crippen LogP) is 2.52. The lowest BCUT2D eigenvalue weighted by molar-refractivity contribution is -0.119. The zero-order chi connectivity index (χ0) is 13.1. The second-order valence-electron chi connectivity index (χ2n) is 6.11. The first kappa shape index (κ1) is 14.0. The fraction of sp³-hybridized carbons (Fsp3) is 0.846. The SMILES string of the molecule is CC(C)(C)OC(=O)NCC(C)(C=O)C1CCC1. The highest BCUT2D eigenvalue weighted by Gasteiger charge is 2.38. The number of carbonyl (C=O) groups is 2. The Morgan fingerprint density at radius 3 is 2.29 bits per heavy atom. The standard InChI is InChI=1S/C13H23NO3/c1-12(2,3)17-11(16)14-8-13(4,9-15)10-6-5-7-10/h9-10H,5-8H2,1-4H3,(H,14,16). The molecule has 0 aliphatic heterocycles. The van der Waals surface area contributed by atoms with Crippen molar-refractivity contribution in [3.63, 3.8) is 0 Å². The third-order valence-electron chi connectivity index (χ3n) is 3.32.